The van der Waals surface area contributed by atoms with Crippen molar-refractivity contribution in [2.75, 3.05) is 16.6 Å². The fourth-order valence-electron chi connectivity index (χ4n) is 2.84. The predicted octanol–water partition coefficient (Wildman–Crippen LogP) is 3.91. The maximum Gasteiger partial charge on any atom is 0.262 e. The van der Waals surface area contributed by atoms with E-state index in [2.05, 4.69) is 9.44 Å². The maximum absolute atomic E-state index is 12.9. The summed E-state index contributed by atoms with van der Waals surface area (Å²) in [5.41, 5.74) is 1.97. The number of hydrogen-bond donors (Lipinski definition) is 2. The Kier molecular flexibility index (Phi) is 6.04. The Morgan fingerprint density at radius 3 is 2.00 bits per heavy atom. The average Bonchev–Trinajstić information content (AvgIpc) is 2.69. The summed E-state index contributed by atoms with van der Waals surface area (Å²) in [5, 5.41) is 0. The summed E-state index contributed by atoms with van der Waals surface area (Å²) in [7, 11) is -6.33. The Balaban J connectivity index is 1.90. The molecule has 0 fully saturated rings. The molecule has 9 heteroatoms. The van der Waals surface area contributed by atoms with Crippen molar-refractivity contribution < 1.29 is 21.6 Å². The largest absolute Gasteiger partial charge is 0.497 e. The number of ether oxygens (including phenoxy) is 1. The lowest BCUT2D eigenvalue weighted by Gasteiger charge is -2.14. The lowest BCUT2D eigenvalue weighted by atomic mass is 10.2. The average molecular weight is 447 g/mol. The van der Waals surface area contributed by atoms with Gasteiger partial charge < -0.3 is 4.74 Å². The summed E-state index contributed by atoms with van der Waals surface area (Å²) in [6.45, 7) is 3.50. The molecule has 0 aliphatic rings. The van der Waals surface area contributed by atoms with Crippen molar-refractivity contribution in [2.24, 2.45) is 0 Å². The second kappa shape index (κ2) is 8.37. The minimum Gasteiger partial charge on any atom is -0.497 e. The first kappa shape index (κ1) is 21.7. The monoisotopic (exact) mass is 446 g/mol. The number of rotatable bonds is 7. The van der Waals surface area contributed by atoms with Crippen LogP contribution < -0.4 is 14.2 Å². The molecule has 0 heterocycles. The van der Waals surface area contributed by atoms with Crippen molar-refractivity contribution in [1.29, 1.82) is 0 Å². The molecule has 0 saturated heterocycles. The van der Waals surface area contributed by atoms with Gasteiger partial charge in [-0.05, 0) is 73.5 Å². The van der Waals surface area contributed by atoms with Crippen LogP contribution in [0.4, 0.5) is 11.4 Å². The van der Waals surface area contributed by atoms with E-state index < -0.39 is 20.0 Å². The Morgan fingerprint density at radius 2 is 1.37 bits per heavy atom. The van der Waals surface area contributed by atoms with E-state index in [0.717, 1.165) is 5.56 Å². The highest BCUT2D eigenvalue weighted by atomic mass is 32.2. The third-order valence-corrected chi connectivity index (χ3v) is 7.29. The summed E-state index contributed by atoms with van der Waals surface area (Å²) in [6, 6.07) is 17.2. The number of nitrogens with one attached hydrogen (secondary N) is 2. The summed E-state index contributed by atoms with van der Waals surface area (Å²) in [6.07, 6.45) is 0. The molecular weight excluding hydrogens is 424 g/mol. The standard InChI is InChI=1S/C21H22N2O5S2/c1-15-5-4-6-17(13-15)23-30(26,27)21-14-18(8-7-16(21)2)22-29(24,25)20-11-9-19(28-3)10-12-20/h4-14,22-23H,1-3H3. The first-order valence-corrected chi connectivity index (χ1v) is 11.9. The van der Waals surface area contributed by atoms with Gasteiger partial charge in [-0.15, -0.1) is 0 Å². The van der Waals surface area contributed by atoms with Crippen molar-refractivity contribution in [3.05, 3.63) is 77.9 Å². The summed E-state index contributed by atoms with van der Waals surface area (Å²) in [4.78, 5) is 0.0186. The van der Waals surface area contributed by atoms with Gasteiger partial charge in [-0.25, -0.2) is 16.8 Å². The molecule has 0 aliphatic carbocycles. The van der Waals surface area contributed by atoms with E-state index in [1.807, 2.05) is 13.0 Å². The zero-order valence-electron chi connectivity index (χ0n) is 16.7. The number of aryl methyl sites for hydroxylation is 2. The van der Waals surface area contributed by atoms with Crippen LogP contribution in [0.25, 0.3) is 0 Å². The van der Waals surface area contributed by atoms with Gasteiger partial charge in [0.15, 0.2) is 0 Å². The zero-order valence-corrected chi connectivity index (χ0v) is 18.3. The summed E-state index contributed by atoms with van der Waals surface area (Å²) >= 11 is 0. The molecule has 7 nitrogen and oxygen atoms in total. The van der Waals surface area contributed by atoms with Crippen LogP contribution in [0.15, 0.2) is 76.5 Å². The van der Waals surface area contributed by atoms with E-state index in [1.165, 1.54) is 43.5 Å². The molecule has 0 spiro atoms. The molecule has 3 aromatic rings. The van der Waals surface area contributed by atoms with E-state index in [-0.39, 0.29) is 15.5 Å². The SMILES string of the molecule is COc1ccc(S(=O)(=O)Nc2ccc(C)c(S(=O)(=O)Nc3cccc(C)c3)c2)cc1. The van der Waals surface area contributed by atoms with Gasteiger partial charge >= 0.3 is 0 Å². The number of benzene rings is 3. The Bertz CT molecular complexity index is 1270. The lowest BCUT2D eigenvalue weighted by molar-refractivity contribution is 0.414. The number of hydrogen-bond acceptors (Lipinski definition) is 5. The topological polar surface area (TPSA) is 102 Å². The molecule has 2 N–H and O–H groups in total. The van der Waals surface area contributed by atoms with Gasteiger partial charge in [0.25, 0.3) is 20.0 Å². The zero-order chi connectivity index (χ0) is 21.9. The highest BCUT2D eigenvalue weighted by molar-refractivity contribution is 7.93. The molecule has 0 aromatic heterocycles. The molecule has 30 heavy (non-hydrogen) atoms. The number of anilines is 2. The lowest BCUT2D eigenvalue weighted by Crippen LogP contribution is -2.16. The van der Waals surface area contributed by atoms with Gasteiger partial charge in [0.05, 0.1) is 22.6 Å². The van der Waals surface area contributed by atoms with Crippen molar-refractivity contribution in [3.8, 4) is 5.75 Å². The highest BCUT2D eigenvalue weighted by Gasteiger charge is 2.20. The minimum absolute atomic E-state index is 0.0149. The molecule has 0 saturated carbocycles. The van der Waals surface area contributed by atoms with Gasteiger partial charge in [-0.1, -0.05) is 18.2 Å². The van der Waals surface area contributed by atoms with E-state index in [1.54, 1.807) is 31.2 Å². The molecule has 0 atom stereocenters. The molecular formula is C21H22N2O5S2. The van der Waals surface area contributed by atoms with Crippen LogP contribution in [0.3, 0.4) is 0 Å². The number of methoxy groups -OCH3 is 1. The van der Waals surface area contributed by atoms with Gasteiger partial charge in [-0.3, -0.25) is 9.44 Å². The molecule has 3 rings (SSSR count). The Morgan fingerprint density at radius 1 is 0.733 bits per heavy atom. The molecule has 158 valence electrons. The van der Waals surface area contributed by atoms with E-state index in [4.69, 9.17) is 4.74 Å². The quantitative estimate of drug-likeness (QED) is 0.573. The second-order valence-electron chi connectivity index (χ2n) is 6.74. The van der Waals surface area contributed by atoms with E-state index in [0.29, 0.717) is 17.0 Å². The third kappa shape index (κ3) is 4.92. The van der Waals surface area contributed by atoms with Crippen molar-refractivity contribution in [1.82, 2.24) is 0 Å². The van der Waals surface area contributed by atoms with E-state index in [9.17, 15) is 16.8 Å². The maximum atomic E-state index is 12.9. The van der Waals surface area contributed by atoms with Gasteiger partial charge in [0.2, 0.25) is 0 Å². The molecule has 0 radical (unpaired) electrons. The van der Waals surface area contributed by atoms with Crippen LogP contribution >= 0.6 is 0 Å². The van der Waals surface area contributed by atoms with Crippen molar-refractivity contribution >= 4 is 31.4 Å². The van der Waals surface area contributed by atoms with Gasteiger partial charge in [-0.2, -0.15) is 0 Å². The molecule has 0 aliphatic heterocycles. The second-order valence-corrected chi connectivity index (χ2v) is 10.1. The molecule has 3 aromatic carbocycles. The van der Waals surface area contributed by atoms with Crippen LogP contribution in [0.5, 0.6) is 5.75 Å². The molecule has 0 unspecified atom stereocenters. The van der Waals surface area contributed by atoms with Crippen LogP contribution in [0.1, 0.15) is 11.1 Å². The smallest absolute Gasteiger partial charge is 0.262 e. The minimum atomic E-state index is -3.91. The number of sulfonamides is 2. The van der Waals surface area contributed by atoms with Gasteiger partial charge in [0, 0.05) is 5.69 Å². The third-order valence-electron chi connectivity index (χ3n) is 4.37. The van der Waals surface area contributed by atoms with Crippen molar-refractivity contribution in [3.63, 3.8) is 0 Å². The molecule has 0 amide bonds. The summed E-state index contributed by atoms with van der Waals surface area (Å²) in [5.74, 6) is 0.528. The Hall–Kier alpha value is -3.04. The van der Waals surface area contributed by atoms with Gasteiger partial charge in [0.1, 0.15) is 5.75 Å². The summed E-state index contributed by atoms with van der Waals surface area (Å²) < 4.78 is 61.1. The van der Waals surface area contributed by atoms with Crippen LogP contribution in [-0.2, 0) is 20.0 Å². The normalized spacial score (nSPS) is 11.7. The fourth-order valence-corrected chi connectivity index (χ4v) is 5.21. The van der Waals surface area contributed by atoms with Crippen LogP contribution in [0.2, 0.25) is 0 Å². The van der Waals surface area contributed by atoms with Crippen LogP contribution in [-0.4, -0.2) is 23.9 Å². The Labute approximate surface area is 176 Å². The van der Waals surface area contributed by atoms with Crippen molar-refractivity contribution in [2.45, 2.75) is 23.6 Å². The fraction of sp³-hybridized carbons (Fsp3) is 0.143. The highest BCUT2D eigenvalue weighted by Crippen LogP contribution is 2.25. The van der Waals surface area contributed by atoms with E-state index >= 15 is 0 Å². The first-order valence-electron chi connectivity index (χ1n) is 8.98. The van der Waals surface area contributed by atoms with Crippen LogP contribution in [0, 0.1) is 13.8 Å². The predicted molar refractivity (Wildman–Crippen MR) is 117 cm³/mol. The first-order chi connectivity index (χ1) is 14.1. The molecule has 0 bridgehead atoms.